The summed E-state index contributed by atoms with van der Waals surface area (Å²) in [4.78, 5) is 25.1. The molecule has 1 fully saturated rings. The van der Waals surface area contributed by atoms with Gasteiger partial charge in [0, 0.05) is 26.2 Å². The molecule has 1 unspecified atom stereocenters. The van der Waals surface area contributed by atoms with Gasteiger partial charge in [0.2, 0.25) is 5.91 Å². The summed E-state index contributed by atoms with van der Waals surface area (Å²) in [7, 11) is 1.31. The highest BCUT2D eigenvalue weighted by Crippen LogP contribution is 2.11. The number of carbonyl (C=O) groups is 2. The number of methoxy groups -OCH3 is 1. The number of esters is 1. The van der Waals surface area contributed by atoms with Crippen molar-refractivity contribution in [1.29, 1.82) is 0 Å². The maximum absolute atomic E-state index is 12.0. The van der Waals surface area contributed by atoms with Gasteiger partial charge in [0.1, 0.15) is 0 Å². The maximum Gasteiger partial charge on any atom is 0.331 e. The number of carbonyl (C=O) groups excluding carboxylic acids is 2. The van der Waals surface area contributed by atoms with Crippen molar-refractivity contribution < 1.29 is 23.8 Å². The van der Waals surface area contributed by atoms with E-state index >= 15 is 0 Å². The predicted molar refractivity (Wildman–Crippen MR) is 64.1 cm³/mol. The van der Waals surface area contributed by atoms with Gasteiger partial charge < -0.3 is 19.1 Å². The molecule has 6 heteroatoms. The second-order valence-electron chi connectivity index (χ2n) is 4.00. The first-order valence-corrected chi connectivity index (χ1v) is 6.23. The van der Waals surface area contributed by atoms with Crippen molar-refractivity contribution >= 4 is 11.9 Å². The van der Waals surface area contributed by atoms with Crippen LogP contribution in [-0.4, -0.2) is 62.9 Å². The van der Waals surface area contributed by atoms with Gasteiger partial charge in [-0.05, 0) is 13.3 Å². The first-order chi connectivity index (χ1) is 8.70. The topological polar surface area (TPSA) is 65.1 Å². The summed E-state index contributed by atoms with van der Waals surface area (Å²) in [6.07, 6.45) is 1.05. The van der Waals surface area contributed by atoms with Crippen LogP contribution in [0.2, 0.25) is 0 Å². The van der Waals surface area contributed by atoms with Crippen LogP contribution in [0.4, 0.5) is 0 Å². The molecule has 0 N–H and O–H groups in total. The first-order valence-electron chi connectivity index (χ1n) is 6.23. The van der Waals surface area contributed by atoms with Crippen LogP contribution in [0.3, 0.4) is 0 Å². The predicted octanol–water partition coefficient (Wildman–Crippen LogP) is 0.204. The first kappa shape index (κ1) is 14.9. The Hall–Kier alpha value is -1.14. The normalized spacial score (nSPS) is 19.7. The van der Waals surface area contributed by atoms with E-state index in [1.807, 2.05) is 6.92 Å². The van der Waals surface area contributed by atoms with Crippen molar-refractivity contribution in [3.63, 3.8) is 0 Å². The molecule has 104 valence electrons. The van der Waals surface area contributed by atoms with Crippen LogP contribution in [0.25, 0.3) is 0 Å². The monoisotopic (exact) mass is 259 g/mol. The largest absolute Gasteiger partial charge is 0.467 e. The summed E-state index contributed by atoms with van der Waals surface area (Å²) in [5.74, 6) is -0.471. The van der Waals surface area contributed by atoms with Gasteiger partial charge in [-0.25, -0.2) is 4.79 Å². The fraction of sp³-hybridized carbons (Fsp3) is 0.833. The summed E-state index contributed by atoms with van der Waals surface area (Å²) in [6.45, 7) is 4.24. The molecule has 0 saturated carbocycles. The van der Waals surface area contributed by atoms with Gasteiger partial charge in [-0.15, -0.1) is 0 Å². The van der Waals surface area contributed by atoms with E-state index in [0.717, 1.165) is 0 Å². The summed E-state index contributed by atoms with van der Waals surface area (Å²) < 4.78 is 15.1. The van der Waals surface area contributed by atoms with Crippen molar-refractivity contribution in [3.8, 4) is 0 Å². The third kappa shape index (κ3) is 4.27. The van der Waals surface area contributed by atoms with Crippen LogP contribution in [0.1, 0.15) is 19.8 Å². The summed E-state index contributed by atoms with van der Waals surface area (Å²) in [5.41, 5.74) is 0. The lowest BCUT2D eigenvalue weighted by atomic mass is 10.2. The molecule has 0 aromatic carbocycles. The highest BCUT2D eigenvalue weighted by atomic mass is 16.5. The fourth-order valence-corrected chi connectivity index (χ4v) is 1.85. The number of hydrogen-bond donors (Lipinski definition) is 0. The molecule has 1 atom stereocenters. The van der Waals surface area contributed by atoms with Crippen LogP contribution in [0, 0.1) is 0 Å². The standard InChI is InChI=1S/C12H21NO5/c1-3-17-7-4-5-11(14)13-6-8-18-9-10(13)12(15)16-2/h10H,3-9H2,1-2H3. The van der Waals surface area contributed by atoms with Crippen molar-refractivity contribution in [3.05, 3.63) is 0 Å². The van der Waals surface area contributed by atoms with Crippen molar-refractivity contribution in [2.24, 2.45) is 0 Å². The van der Waals surface area contributed by atoms with E-state index in [2.05, 4.69) is 4.74 Å². The molecule has 0 aromatic rings. The Morgan fingerprint density at radius 1 is 1.44 bits per heavy atom. The number of nitrogens with zero attached hydrogens (tertiary/aromatic N) is 1. The molecule has 1 amide bonds. The van der Waals surface area contributed by atoms with E-state index in [4.69, 9.17) is 9.47 Å². The zero-order chi connectivity index (χ0) is 13.4. The molecule has 1 saturated heterocycles. The van der Waals surface area contributed by atoms with E-state index in [-0.39, 0.29) is 12.5 Å². The average Bonchev–Trinajstić information content (AvgIpc) is 2.42. The third-order valence-corrected chi connectivity index (χ3v) is 2.81. The Kier molecular flexibility index (Phi) is 6.67. The number of rotatable bonds is 6. The zero-order valence-corrected chi connectivity index (χ0v) is 11.0. The van der Waals surface area contributed by atoms with Gasteiger partial charge in [0.15, 0.2) is 6.04 Å². The Labute approximate surface area is 107 Å². The molecule has 0 spiro atoms. The Balaban J connectivity index is 2.44. The number of ether oxygens (including phenoxy) is 3. The molecule has 6 nitrogen and oxygen atoms in total. The molecule has 0 aromatic heterocycles. The van der Waals surface area contributed by atoms with Gasteiger partial charge >= 0.3 is 5.97 Å². The van der Waals surface area contributed by atoms with Crippen LogP contribution < -0.4 is 0 Å². The summed E-state index contributed by atoms with van der Waals surface area (Å²) in [5, 5.41) is 0. The quantitative estimate of drug-likeness (QED) is 0.504. The van der Waals surface area contributed by atoms with Crippen molar-refractivity contribution in [2.75, 3.05) is 40.1 Å². The second-order valence-corrected chi connectivity index (χ2v) is 4.00. The molecule has 1 heterocycles. The average molecular weight is 259 g/mol. The summed E-state index contributed by atoms with van der Waals surface area (Å²) >= 11 is 0. The molecule has 1 aliphatic heterocycles. The Morgan fingerprint density at radius 2 is 2.22 bits per heavy atom. The van der Waals surface area contributed by atoms with E-state index in [0.29, 0.717) is 39.2 Å². The number of morpholine rings is 1. The van der Waals surface area contributed by atoms with Crippen LogP contribution in [-0.2, 0) is 23.8 Å². The lowest BCUT2D eigenvalue weighted by molar-refractivity contribution is -0.160. The van der Waals surface area contributed by atoms with Crippen LogP contribution in [0.5, 0.6) is 0 Å². The molecule has 18 heavy (non-hydrogen) atoms. The lowest BCUT2D eigenvalue weighted by Gasteiger charge is -2.33. The highest BCUT2D eigenvalue weighted by Gasteiger charge is 2.33. The molecular weight excluding hydrogens is 238 g/mol. The van der Waals surface area contributed by atoms with Crippen molar-refractivity contribution in [2.45, 2.75) is 25.8 Å². The highest BCUT2D eigenvalue weighted by molar-refractivity contribution is 5.84. The molecular formula is C12H21NO5. The molecule has 1 rings (SSSR count). The van der Waals surface area contributed by atoms with Crippen LogP contribution in [0.15, 0.2) is 0 Å². The Bertz CT molecular complexity index is 282. The zero-order valence-electron chi connectivity index (χ0n) is 11.0. The minimum atomic E-state index is -0.608. The number of hydrogen-bond acceptors (Lipinski definition) is 5. The minimum Gasteiger partial charge on any atom is -0.467 e. The smallest absolute Gasteiger partial charge is 0.331 e. The van der Waals surface area contributed by atoms with E-state index in [9.17, 15) is 9.59 Å². The summed E-state index contributed by atoms with van der Waals surface area (Å²) in [6, 6.07) is -0.608. The van der Waals surface area contributed by atoms with Crippen LogP contribution >= 0.6 is 0 Å². The van der Waals surface area contributed by atoms with Gasteiger partial charge in [0.05, 0.1) is 20.3 Å². The fourth-order valence-electron chi connectivity index (χ4n) is 1.85. The SMILES string of the molecule is CCOCCCC(=O)N1CCOCC1C(=O)OC. The molecule has 0 radical (unpaired) electrons. The van der Waals surface area contributed by atoms with Gasteiger partial charge in [-0.2, -0.15) is 0 Å². The molecule has 1 aliphatic rings. The van der Waals surface area contributed by atoms with Gasteiger partial charge in [-0.1, -0.05) is 0 Å². The molecule has 0 aliphatic carbocycles. The van der Waals surface area contributed by atoms with E-state index < -0.39 is 12.0 Å². The van der Waals surface area contributed by atoms with Gasteiger partial charge in [-0.3, -0.25) is 4.79 Å². The van der Waals surface area contributed by atoms with Gasteiger partial charge in [0.25, 0.3) is 0 Å². The van der Waals surface area contributed by atoms with E-state index in [1.165, 1.54) is 7.11 Å². The molecule has 0 bridgehead atoms. The maximum atomic E-state index is 12.0. The third-order valence-electron chi connectivity index (χ3n) is 2.81. The minimum absolute atomic E-state index is 0.0478. The van der Waals surface area contributed by atoms with E-state index in [1.54, 1.807) is 4.90 Å². The second kappa shape index (κ2) is 8.05. The Morgan fingerprint density at radius 3 is 2.89 bits per heavy atom. The van der Waals surface area contributed by atoms with Crippen molar-refractivity contribution in [1.82, 2.24) is 4.90 Å². The number of amides is 1. The lowest BCUT2D eigenvalue weighted by Crippen LogP contribution is -2.53.